The molecule has 26 heavy (non-hydrogen) atoms. The largest absolute Gasteiger partial charge is 0.269 e. The molecule has 0 aromatic heterocycles. The second kappa shape index (κ2) is 5.81. The Morgan fingerprint density at radius 2 is 1.73 bits per heavy atom. The van der Waals surface area contributed by atoms with Crippen LogP contribution in [0.5, 0.6) is 0 Å². The Morgan fingerprint density at radius 1 is 1.00 bits per heavy atom. The number of anilines is 1. The number of nitro benzene ring substituents is 1. The molecule has 0 bridgehead atoms. The molecular weight excluding hydrogens is 352 g/mol. The second-order valence-corrected chi connectivity index (χ2v) is 8.27. The zero-order valence-corrected chi connectivity index (χ0v) is 14.9. The number of sulfonamides is 1. The Bertz CT molecular complexity index is 1140. The molecule has 3 aromatic carbocycles. The van der Waals surface area contributed by atoms with Gasteiger partial charge in [-0.25, -0.2) is 8.42 Å². The highest BCUT2D eigenvalue weighted by atomic mass is 32.2. The van der Waals surface area contributed by atoms with E-state index in [1.54, 1.807) is 0 Å². The number of hydrogen-bond donors (Lipinski definition) is 0. The highest BCUT2D eigenvalue weighted by Gasteiger charge is 2.31. The molecule has 0 saturated heterocycles. The molecule has 0 radical (unpaired) electrons. The lowest BCUT2D eigenvalue weighted by atomic mass is 10.0. The SMILES string of the molecule is Cc1ccc2cc3c(cc2c1)CCN3S(=O)(=O)c1ccc([N+](=O)[O-])cc1. The summed E-state index contributed by atoms with van der Waals surface area (Å²) in [7, 11) is -3.76. The molecule has 132 valence electrons. The molecule has 1 heterocycles. The van der Waals surface area contributed by atoms with E-state index in [4.69, 9.17) is 0 Å². The van der Waals surface area contributed by atoms with Gasteiger partial charge in [0.25, 0.3) is 15.7 Å². The van der Waals surface area contributed by atoms with Crippen molar-refractivity contribution in [2.24, 2.45) is 0 Å². The number of non-ortho nitro benzene ring substituents is 1. The topological polar surface area (TPSA) is 80.5 Å². The van der Waals surface area contributed by atoms with Gasteiger partial charge in [0.05, 0.1) is 15.5 Å². The maximum Gasteiger partial charge on any atom is 0.269 e. The zero-order chi connectivity index (χ0) is 18.5. The van der Waals surface area contributed by atoms with Gasteiger partial charge in [-0.2, -0.15) is 0 Å². The Morgan fingerprint density at radius 3 is 2.42 bits per heavy atom. The number of aryl methyl sites for hydroxylation is 1. The van der Waals surface area contributed by atoms with Crippen LogP contribution in [-0.2, 0) is 16.4 Å². The van der Waals surface area contributed by atoms with Gasteiger partial charge in [0.2, 0.25) is 0 Å². The molecule has 4 rings (SSSR count). The van der Waals surface area contributed by atoms with E-state index < -0.39 is 14.9 Å². The van der Waals surface area contributed by atoms with Crippen molar-refractivity contribution in [3.63, 3.8) is 0 Å². The highest BCUT2D eigenvalue weighted by Crippen LogP contribution is 2.36. The Kier molecular flexibility index (Phi) is 3.69. The van der Waals surface area contributed by atoms with Crippen LogP contribution in [0.4, 0.5) is 11.4 Å². The van der Waals surface area contributed by atoms with Crippen molar-refractivity contribution in [2.45, 2.75) is 18.2 Å². The highest BCUT2D eigenvalue weighted by molar-refractivity contribution is 7.92. The lowest BCUT2D eigenvalue weighted by molar-refractivity contribution is -0.384. The molecule has 0 atom stereocenters. The number of hydrogen-bond acceptors (Lipinski definition) is 4. The van der Waals surface area contributed by atoms with Gasteiger partial charge in [-0.1, -0.05) is 23.8 Å². The van der Waals surface area contributed by atoms with Crippen LogP contribution in [0.15, 0.2) is 59.5 Å². The molecule has 6 nitrogen and oxygen atoms in total. The van der Waals surface area contributed by atoms with Crippen LogP contribution in [0.2, 0.25) is 0 Å². The summed E-state index contributed by atoms with van der Waals surface area (Å²) in [5, 5.41) is 12.9. The lowest BCUT2D eigenvalue weighted by Gasteiger charge is -2.20. The van der Waals surface area contributed by atoms with Crippen LogP contribution in [0, 0.1) is 17.0 Å². The van der Waals surface area contributed by atoms with E-state index in [1.165, 1.54) is 28.6 Å². The van der Waals surface area contributed by atoms with Crippen molar-refractivity contribution >= 4 is 32.2 Å². The second-order valence-electron chi connectivity index (χ2n) is 6.41. The predicted octanol–water partition coefficient (Wildman–Crippen LogP) is 3.81. The predicted molar refractivity (Wildman–Crippen MR) is 100 cm³/mol. The van der Waals surface area contributed by atoms with Crippen LogP contribution >= 0.6 is 0 Å². The molecule has 0 N–H and O–H groups in total. The molecule has 0 spiro atoms. The monoisotopic (exact) mass is 368 g/mol. The normalized spacial score (nSPS) is 13.8. The van der Waals surface area contributed by atoms with Gasteiger partial charge >= 0.3 is 0 Å². The molecule has 0 amide bonds. The maximum atomic E-state index is 13.0. The minimum Gasteiger partial charge on any atom is -0.266 e. The fourth-order valence-corrected chi connectivity index (χ4v) is 4.84. The van der Waals surface area contributed by atoms with Crippen molar-refractivity contribution in [2.75, 3.05) is 10.8 Å². The molecule has 0 saturated carbocycles. The zero-order valence-electron chi connectivity index (χ0n) is 14.0. The summed E-state index contributed by atoms with van der Waals surface area (Å²) in [5.41, 5.74) is 2.70. The van der Waals surface area contributed by atoms with Gasteiger partial charge in [-0.05, 0) is 53.9 Å². The fourth-order valence-electron chi connectivity index (χ4n) is 3.34. The van der Waals surface area contributed by atoms with Crippen molar-refractivity contribution in [3.8, 4) is 0 Å². The number of nitrogens with zero attached hydrogens (tertiary/aromatic N) is 2. The van der Waals surface area contributed by atoms with Gasteiger partial charge < -0.3 is 0 Å². The first-order chi connectivity index (χ1) is 12.4. The number of nitro groups is 1. The van der Waals surface area contributed by atoms with Crippen LogP contribution in [0.3, 0.4) is 0 Å². The summed E-state index contributed by atoms with van der Waals surface area (Å²) >= 11 is 0. The first kappa shape index (κ1) is 16.5. The molecular formula is C19H16N2O4S. The van der Waals surface area contributed by atoms with E-state index in [0.717, 1.165) is 21.9 Å². The van der Waals surface area contributed by atoms with E-state index in [2.05, 4.69) is 6.07 Å². The lowest BCUT2D eigenvalue weighted by Crippen LogP contribution is -2.29. The Balaban J connectivity index is 1.78. The molecule has 1 aliphatic rings. The molecule has 3 aromatic rings. The van der Waals surface area contributed by atoms with Crippen molar-refractivity contribution in [3.05, 3.63) is 75.8 Å². The maximum absolute atomic E-state index is 13.0. The van der Waals surface area contributed by atoms with Crippen molar-refractivity contribution in [1.82, 2.24) is 0 Å². The standard InChI is InChI=1S/C19H16N2O4S/c1-13-2-3-14-12-19-15(11-16(14)10-13)8-9-20(19)26(24,25)18-6-4-17(5-7-18)21(22)23/h2-7,10-12H,8-9H2,1H3. The minimum atomic E-state index is -3.76. The third kappa shape index (κ3) is 2.61. The smallest absolute Gasteiger partial charge is 0.266 e. The fraction of sp³-hybridized carbons (Fsp3) is 0.158. The summed E-state index contributed by atoms with van der Waals surface area (Å²) in [6.07, 6.45) is 0.644. The first-order valence-electron chi connectivity index (χ1n) is 8.17. The summed E-state index contributed by atoms with van der Waals surface area (Å²) in [6.45, 7) is 2.39. The third-order valence-electron chi connectivity index (χ3n) is 4.68. The first-order valence-corrected chi connectivity index (χ1v) is 9.61. The average molecular weight is 368 g/mol. The molecule has 0 fully saturated rings. The summed E-state index contributed by atoms with van der Waals surface area (Å²) in [6, 6.07) is 15.0. The number of benzene rings is 3. The number of fused-ring (bicyclic) bond motifs is 2. The average Bonchev–Trinajstić information content (AvgIpc) is 3.03. The minimum absolute atomic E-state index is 0.0555. The molecule has 1 aliphatic heterocycles. The summed E-state index contributed by atoms with van der Waals surface area (Å²) in [4.78, 5) is 10.3. The quantitative estimate of drug-likeness (QED) is 0.520. The van der Waals surface area contributed by atoms with Crippen LogP contribution in [0.25, 0.3) is 10.8 Å². The van der Waals surface area contributed by atoms with E-state index in [1.807, 2.05) is 31.2 Å². The van der Waals surface area contributed by atoms with Crippen LogP contribution in [-0.4, -0.2) is 19.9 Å². The van der Waals surface area contributed by atoms with Crippen molar-refractivity contribution in [1.29, 1.82) is 0 Å². The van der Waals surface area contributed by atoms with Crippen LogP contribution in [0.1, 0.15) is 11.1 Å². The van der Waals surface area contributed by atoms with Gasteiger partial charge in [0.15, 0.2) is 0 Å². The number of rotatable bonds is 3. The summed E-state index contributed by atoms with van der Waals surface area (Å²) in [5.74, 6) is 0. The summed E-state index contributed by atoms with van der Waals surface area (Å²) < 4.78 is 27.4. The van der Waals surface area contributed by atoms with Gasteiger partial charge in [0, 0.05) is 18.7 Å². The van der Waals surface area contributed by atoms with Gasteiger partial charge in [0.1, 0.15) is 0 Å². The van der Waals surface area contributed by atoms with Gasteiger partial charge in [-0.3, -0.25) is 14.4 Å². The molecule has 0 unspecified atom stereocenters. The Labute approximate surface area is 150 Å². The van der Waals surface area contributed by atoms with Crippen molar-refractivity contribution < 1.29 is 13.3 Å². The van der Waals surface area contributed by atoms with E-state index in [0.29, 0.717) is 18.7 Å². The van der Waals surface area contributed by atoms with E-state index in [9.17, 15) is 18.5 Å². The van der Waals surface area contributed by atoms with E-state index >= 15 is 0 Å². The molecule has 7 heteroatoms. The van der Waals surface area contributed by atoms with Gasteiger partial charge in [-0.15, -0.1) is 0 Å². The third-order valence-corrected chi connectivity index (χ3v) is 6.51. The van der Waals surface area contributed by atoms with Crippen LogP contribution < -0.4 is 4.31 Å². The molecule has 0 aliphatic carbocycles. The Hall–Kier alpha value is -2.93. The van der Waals surface area contributed by atoms with E-state index in [-0.39, 0.29) is 10.6 Å².